The van der Waals surface area contributed by atoms with Crippen LogP contribution in [0.1, 0.15) is 13.3 Å². The van der Waals surface area contributed by atoms with Gasteiger partial charge < -0.3 is 5.32 Å². The van der Waals surface area contributed by atoms with Crippen LogP contribution < -0.4 is 10.0 Å². The van der Waals surface area contributed by atoms with Crippen LogP contribution in [-0.4, -0.2) is 27.5 Å². The predicted molar refractivity (Wildman–Crippen MR) is 67.1 cm³/mol. The molecular weight excluding hydrogens is 274 g/mol. The third-order valence-corrected chi connectivity index (χ3v) is 4.92. The van der Waals surface area contributed by atoms with Crippen molar-refractivity contribution in [1.29, 1.82) is 0 Å². The summed E-state index contributed by atoms with van der Waals surface area (Å²) in [6.45, 7) is 3.33. The molecule has 0 bridgehead atoms. The fourth-order valence-electron chi connectivity index (χ4n) is 2.20. The fourth-order valence-corrected chi connectivity index (χ4v) is 3.57. The van der Waals surface area contributed by atoms with Gasteiger partial charge in [0.2, 0.25) is 10.0 Å². The number of halogens is 2. The van der Waals surface area contributed by atoms with E-state index < -0.39 is 26.6 Å². The van der Waals surface area contributed by atoms with Crippen LogP contribution in [-0.2, 0) is 10.0 Å². The minimum atomic E-state index is -3.96. The number of rotatable bonds is 4. The molecule has 106 valence electrons. The summed E-state index contributed by atoms with van der Waals surface area (Å²) in [5, 5.41) is 3.14. The molecule has 19 heavy (non-hydrogen) atoms. The molecule has 1 aromatic carbocycles. The van der Waals surface area contributed by atoms with Crippen LogP contribution in [0.4, 0.5) is 8.78 Å². The lowest BCUT2D eigenvalue weighted by Gasteiger charge is -2.19. The Morgan fingerprint density at radius 3 is 2.74 bits per heavy atom. The van der Waals surface area contributed by atoms with E-state index in [0.29, 0.717) is 6.07 Å². The minimum Gasteiger partial charge on any atom is -0.316 e. The van der Waals surface area contributed by atoms with E-state index in [0.717, 1.165) is 31.6 Å². The second kappa shape index (κ2) is 5.52. The molecule has 1 saturated heterocycles. The summed E-state index contributed by atoms with van der Waals surface area (Å²) >= 11 is 0. The molecule has 2 unspecified atom stereocenters. The molecule has 4 nitrogen and oxygen atoms in total. The third-order valence-electron chi connectivity index (χ3n) is 3.33. The van der Waals surface area contributed by atoms with Crippen LogP contribution in [0, 0.1) is 17.6 Å². The third kappa shape index (κ3) is 3.29. The van der Waals surface area contributed by atoms with Crippen LogP contribution in [0.25, 0.3) is 0 Å². The van der Waals surface area contributed by atoms with Gasteiger partial charge in [0.25, 0.3) is 0 Å². The highest BCUT2D eigenvalue weighted by molar-refractivity contribution is 7.89. The first kappa shape index (κ1) is 14.4. The molecule has 7 heteroatoms. The number of nitrogens with one attached hydrogen (secondary N) is 2. The van der Waals surface area contributed by atoms with Crippen molar-refractivity contribution in [2.24, 2.45) is 5.92 Å². The molecule has 0 saturated carbocycles. The second-order valence-electron chi connectivity index (χ2n) is 4.74. The maximum atomic E-state index is 13.5. The zero-order chi connectivity index (χ0) is 14.0. The van der Waals surface area contributed by atoms with Crippen LogP contribution >= 0.6 is 0 Å². The van der Waals surface area contributed by atoms with E-state index in [4.69, 9.17) is 0 Å². The maximum absolute atomic E-state index is 13.5. The molecule has 0 spiro atoms. The molecule has 2 rings (SSSR count). The number of hydrogen-bond donors (Lipinski definition) is 2. The Hall–Kier alpha value is -1.05. The summed E-state index contributed by atoms with van der Waals surface area (Å²) in [6, 6.07) is 2.13. The summed E-state index contributed by atoms with van der Waals surface area (Å²) in [5.41, 5.74) is 0. The lowest BCUT2D eigenvalue weighted by atomic mass is 10.0. The quantitative estimate of drug-likeness (QED) is 0.877. The molecule has 1 fully saturated rings. The van der Waals surface area contributed by atoms with Gasteiger partial charge in [-0.3, -0.25) is 0 Å². The summed E-state index contributed by atoms with van der Waals surface area (Å²) in [7, 11) is -3.96. The SMILES string of the molecule is CC(NS(=O)(=O)c1ccc(F)cc1F)C1CCNC1. The first-order valence-corrected chi connectivity index (χ1v) is 7.56. The Bertz CT molecular complexity index is 557. The van der Waals surface area contributed by atoms with Gasteiger partial charge in [0.15, 0.2) is 0 Å². The molecule has 1 aliphatic rings. The Morgan fingerprint density at radius 2 is 2.16 bits per heavy atom. The first-order valence-electron chi connectivity index (χ1n) is 6.08. The molecule has 0 amide bonds. The van der Waals surface area contributed by atoms with Gasteiger partial charge in [0.05, 0.1) is 0 Å². The highest BCUT2D eigenvalue weighted by atomic mass is 32.2. The number of benzene rings is 1. The van der Waals surface area contributed by atoms with Gasteiger partial charge >= 0.3 is 0 Å². The zero-order valence-corrected chi connectivity index (χ0v) is 11.3. The highest BCUT2D eigenvalue weighted by Crippen LogP contribution is 2.18. The Morgan fingerprint density at radius 1 is 1.42 bits per heavy atom. The Kier molecular flexibility index (Phi) is 4.17. The van der Waals surface area contributed by atoms with Gasteiger partial charge in [-0.1, -0.05) is 0 Å². The summed E-state index contributed by atoms with van der Waals surface area (Å²) < 4.78 is 52.8. The van der Waals surface area contributed by atoms with E-state index in [1.807, 2.05) is 0 Å². The predicted octanol–water partition coefficient (Wildman–Crippen LogP) is 1.24. The Labute approximate surface area is 111 Å². The fraction of sp³-hybridized carbons (Fsp3) is 0.500. The van der Waals surface area contributed by atoms with Crippen molar-refractivity contribution >= 4 is 10.0 Å². The topological polar surface area (TPSA) is 58.2 Å². The monoisotopic (exact) mass is 290 g/mol. The molecule has 2 atom stereocenters. The van der Waals surface area contributed by atoms with E-state index in [9.17, 15) is 17.2 Å². The lowest BCUT2D eigenvalue weighted by Crippen LogP contribution is -2.39. The van der Waals surface area contributed by atoms with E-state index in [1.54, 1.807) is 6.92 Å². The van der Waals surface area contributed by atoms with Crippen molar-refractivity contribution in [2.45, 2.75) is 24.3 Å². The summed E-state index contributed by atoms with van der Waals surface area (Å²) in [6.07, 6.45) is 0.871. The van der Waals surface area contributed by atoms with Crippen LogP contribution in [0.3, 0.4) is 0 Å². The average molecular weight is 290 g/mol. The van der Waals surface area contributed by atoms with Gasteiger partial charge in [-0.25, -0.2) is 21.9 Å². The van der Waals surface area contributed by atoms with Crippen LogP contribution in [0.5, 0.6) is 0 Å². The molecule has 0 aromatic heterocycles. The normalized spacial score (nSPS) is 21.5. The van der Waals surface area contributed by atoms with Crippen LogP contribution in [0.15, 0.2) is 23.1 Å². The molecule has 0 radical (unpaired) electrons. The molecular formula is C12H16F2N2O2S. The molecule has 1 aliphatic heterocycles. The maximum Gasteiger partial charge on any atom is 0.243 e. The minimum absolute atomic E-state index is 0.179. The highest BCUT2D eigenvalue weighted by Gasteiger charge is 2.27. The van der Waals surface area contributed by atoms with Gasteiger partial charge in [-0.05, 0) is 44.5 Å². The molecule has 2 N–H and O–H groups in total. The van der Waals surface area contributed by atoms with Crippen molar-refractivity contribution in [2.75, 3.05) is 13.1 Å². The second-order valence-corrected chi connectivity index (χ2v) is 6.42. The molecule has 0 aliphatic carbocycles. The molecule has 1 heterocycles. The van der Waals surface area contributed by atoms with Crippen LogP contribution in [0.2, 0.25) is 0 Å². The average Bonchev–Trinajstić information content (AvgIpc) is 2.80. The Balaban J connectivity index is 2.17. The van der Waals surface area contributed by atoms with E-state index >= 15 is 0 Å². The standard InChI is InChI=1S/C12H16F2N2O2S/c1-8(9-4-5-15-7-9)16-19(17,18)12-3-2-10(13)6-11(12)14/h2-3,6,8-9,15-16H,4-5,7H2,1H3. The summed E-state index contributed by atoms with van der Waals surface area (Å²) in [4.78, 5) is -0.522. The van der Waals surface area contributed by atoms with Crippen molar-refractivity contribution < 1.29 is 17.2 Å². The van der Waals surface area contributed by atoms with E-state index in [2.05, 4.69) is 10.0 Å². The van der Waals surface area contributed by atoms with Crippen molar-refractivity contribution in [3.05, 3.63) is 29.8 Å². The van der Waals surface area contributed by atoms with Crippen molar-refractivity contribution in [3.63, 3.8) is 0 Å². The van der Waals surface area contributed by atoms with Gasteiger partial charge in [-0.2, -0.15) is 0 Å². The van der Waals surface area contributed by atoms with Crippen molar-refractivity contribution in [1.82, 2.24) is 10.0 Å². The lowest BCUT2D eigenvalue weighted by molar-refractivity contribution is 0.442. The van der Waals surface area contributed by atoms with Gasteiger partial charge in [-0.15, -0.1) is 0 Å². The zero-order valence-electron chi connectivity index (χ0n) is 10.5. The smallest absolute Gasteiger partial charge is 0.243 e. The van der Waals surface area contributed by atoms with E-state index in [-0.39, 0.29) is 12.0 Å². The molecule has 1 aromatic rings. The summed E-state index contributed by atoms with van der Waals surface area (Å²) in [5.74, 6) is -1.70. The van der Waals surface area contributed by atoms with Crippen molar-refractivity contribution in [3.8, 4) is 0 Å². The number of sulfonamides is 1. The van der Waals surface area contributed by atoms with E-state index in [1.165, 1.54) is 0 Å². The largest absolute Gasteiger partial charge is 0.316 e. The van der Waals surface area contributed by atoms with Gasteiger partial charge in [0, 0.05) is 12.1 Å². The number of hydrogen-bond acceptors (Lipinski definition) is 3. The first-order chi connectivity index (χ1) is 8.90. The van der Waals surface area contributed by atoms with Gasteiger partial charge in [0.1, 0.15) is 16.5 Å².